The third-order valence-corrected chi connectivity index (χ3v) is 14.5. The van der Waals surface area contributed by atoms with Gasteiger partial charge in [-0.25, -0.2) is 21.2 Å². The fourth-order valence-corrected chi connectivity index (χ4v) is 10.5. The number of benzene rings is 2. The van der Waals surface area contributed by atoms with Crippen LogP contribution < -0.4 is 29.9 Å². The van der Waals surface area contributed by atoms with Crippen LogP contribution >= 0.6 is 0 Å². The van der Waals surface area contributed by atoms with E-state index in [0.717, 1.165) is 10.6 Å². The molecule has 2 aromatic carbocycles. The van der Waals surface area contributed by atoms with Gasteiger partial charge in [-0.05, 0) is 29.8 Å². The zero-order valence-corrected chi connectivity index (χ0v) is 34.9. The molecule has 2 aromatic rings. The van der Waals surface area contributed by atoms with Crippen molar-refractivity contribution in [3.05, 3.63) is 80.9 Å². The van der Waals surface area contributed by atoms with Crippen LogP contribution in [-0.4, -0.2) is 84.8 Å². The highest BCUT2D eigenvalue weighted by Gasteiger charge is 2.39. The number of amides is 4. The number of likely N-dealkylation sites (tertiary alicyclic amines) is 2. The monoisotopic (exact) mass is 851 g/mol. The lowest BCUT2D eigenvalue weighted by atomic mass is 10.0. The summed E-state index contributed by atoms with van der Waals surface area (Å²) in [5.41, 5.74) is 3.34. The zero-order valence-electron chi connectivity index (χ0n) is 33.3. The minimum absolute atomic E-state index is 0.0671. The Balaban J connectivity index is 0.000000179. The third kappa shape index (κ3) is 7.80. The van der Waals surface area contributed by atoms with Gasteiger partial charge in [0.2, 0.25) is 23.6 Å². The number of methoxy groups -OCH3 is 1. The van der Waals surface area contributed by atoms with Crippen LogP contribution in [0.15, 0.2) is 58.4 Å². The van der Waals surface area contributed by atoms with Crippen LogP contribution in [-0.2, 0) is 57.9 Å². The number of hydrogen-bond acceptors (Lipinski definition) is 13. The Morgan fingerprint density at radius 1 is 0.780 bits per heavy atom. The summed E-state index contributed by atoms with van der Waals surface area (Å²) >= 11 is 0. The molecule has 2 saturated heterocycles. The van der Waals surface area contributed by atoms with Crippen molar-refractivity contribution in [1.29, 1.82) is 0 Å². The van der Waals surface area contributed by atoms with Gasteiger partial charge in [-0.15, -0.1) is 0 Å². The Morgan fingerprint density at radius 2 is 1.31 bits per heavy atom. The second kappa shape index (κ2) is 15.8. The minimum Gasteiger partial charge on any atom is -0.494 e. The summed E-state index contributed by atoms with van der Waals surface area (Å²) in [7, 11) is -2.33. The van der Waals surface area contributed by atoms with Gasteiger partial charge in [-0.3, -0.25) is 33.7 Å². The van der Waals surface area contributed by atoms with Crippen molar-refractivity contribution in [3.63, 3.8) is 0 Å². The Kier molecular flexibility index (Phi) is 11.1. The molecule has 2 fully saturated rings. The van der Waals surface area contributed by atoms with Crippen LogP contribution in [0.25, 0.3) is 0 Å². The largest absolute Gasteiger partial charge is 0.494 e. The van der Waals surface area contributed by atoms with E-state index in [2.05, 4.69) is 15.4 Å². The number of allylic oxidation sites excluding steroid dienone is 8. The van der Waals surface area contributed by atoms with E-state index in [-0.39, 0.29) is 87.6 Å². The maximum Gasteiger partial charge on any atom is 0.258 e. The predicted molar refractivity (Wildman–Crippen MR) is 221 cm³/mol. The van der Waals surface area contributed by atoms with Crippen LogP contribution in [0, 0.1) is 17.7 Å². The van der Waals surface area contributed by atoms with E-state index in [1.54, 1.807) is 74.4 Å². The summed E-state index contributed by atoms with van der Waals surface area (Å²) < 4.78 is 75.2. The van der Waals surface area contributed by atoms with Crippen molar-refractivity contribution in [3.8, 4) is 5.75 Å². The van der Waals surface area contributed by atoms with Gasteiger partial charge in [0.15, 0.2) is 21.4 Å². The number of sulfone groups is 1. The average molecular weight is 852 g/mol. The number of anilines is 5. The molecule has 59 heavy (non-hydrogen) atoms. The Labute approximate surface area is 342 Å². The topological polar surface area (TPSA) is 195 Å². The van der Waals surface area contributed by atoms with Gasteiger partial charge in [0.1, 0.15) is 5.69 Å². The molecule has 0 saturated carbocycles. The van der Waals surface area contributed by atoms with Gasteiger partial charge < -0.3 is 25.2 Å². The number of carbonyl (C=O) groups excluding carboxylic acids is 4. The molecule has 16 nitrogen and oxygen atoms in total. The predicted octanol–water partition coefficient (Wildman–Crippen LogP) is 4.29. The zero-order chi connectivity index (χ0) is 42.6. The standard InChI is InChI=1S/C20H22FN3O4S.C20H24N4O5S/c1-12-7-17(25)24(20(12)26)9-15-13(10-29(27,28)14-5-3-4-6-14)8-16-19(18(15)21)22-11-23(16)2;1-12-8-17(25)24(20(12)26)10-14-15(22-30(27,28)13-6-4-5-7-13)9-16-18(19(14)29-3)21-11-23(16)2/h3-5,8,12,22H,6-7,9-11H2,1-2H3;4-6,9,12,21-22H,7-8,10-11H2,1-3H3. The maximum atomic E-state index is 15.4. The summed E-state index contributed by atoms with van der Waals surface area (Å²) in [5.74, 6) is -2.73. The molecule has 2 atom stereocenters. The smallest absolute Gasteiger partial charge is 0.258 e. The summed E-state index contributed by atoms with van der Waals surface area (Å²) in [4.78, 5) is 55.9. The van der Waals surface area contributed by atoms with Gasteiger partial charge in [0.05, 0.1) is 66.9 Å². The van der Waals surface area contributed by atoms with Crippen molar-refractivity contribution in [2.24, 2.45) is 11.8 Å². The Hall–Kier alpha value is -5.69. The molecular formula is C40H46FN7O9S2. The fraction of sp³-hybridized carbons (Fsp3) is 0.400. The van der Waals surface area contributed by atoms with E-state index in [4.69, 9.17) is 4.74 Å². The second-order valence-corrected chi connectivity index (χ2v) is 19.1. The number of sulfonamides is 1. The van der Waals surface area contributed by atoms with Crippen molar-refractivity contribution >= 4 is 71.9 Å². The van der Waals surface area contributed by atoms with E-state index in [1.165, 1.54) is 12.0 Å². The van der Waals surface area contributed by atoms with E-state index >= 15 is 4.39 Å². The van der Waals surface area contributed by atoms with Crippen molar-refractivity contribution in [2.75, 3.05) is 59.7 Å². The normalized spacial score (nSPS) is 20.8. The Bertz CT molecular complexity index is 2520. The highest BCUT2D eigenvalue weighted by Crippen LogP contribution is 2.47. The quantitative estimate of drug-likeness (QED) is 0.271. The first kappa shape index (κ1) is 41.5. The molecule has 0 spiro atoms. The van der Waals surface area contributed by atoms with Crippen molar-refractivity contribution < 1.29 is 45.1 Å². The number of carbonyl (C=O) groups is 4. The molecule has 6 aliphatic rings. The van der Waals surface area contributed by atoms with Crippen LogP contribution in [0.4, 0.5) is 32.8 Å². The SMILES string of the molecule is CC1CC(=O)N(Cc2c(CS(=O)(=O)C3=CC=CC3)cc3c(c2F)NCN3C)C1=O.COc1c(CN2C(=O)CC(C)C2=O)c(NS(=O)(=O)C2=CC=CC2)cc2c1NCN2C. The summed E-state index contributed by atoms with van der Waals surface area (Å²) in [6, 6.07) is 3.35. The first-order valence-corrected chi connectivity index (χ1v) is 22.2. The van der Waals surface area contributed by atoms with Crippen molar-refractivity contribution in [1.82, 2.24) is 9.80 Å². The number of nitrogens with one attached hydrogen (secondary N) is 3. The van der Waals surface area contributed by atoms with Crippen molar-refractivity contribution in [2.45, 2.75) is 58.4 Å². The van der Waals surface area contributed by atoms with E-state index in [1.807, 2.05) is 11.9 Å². The molecule has 4 amide bonds. The first-order chi connectivity index (χ1) is 27.9. The van der Waals surface area contributed by atoms with E-state index in [0.29, 0.717) is 48.9 Å². The lowest BCUT2D eigenvalue weighted by Crippen LogP contribution is -2.31. The maximum absolute atomic E-state index is 15.4. The molecule has 314 valence electrons. The van der Waals surface area contributed by atoms with Crippen LogP contribution in [0.5, 0.6) is 5.75 Å². The number of hydrogen-bond donors (Lipinski definition) is 3. The molecule has 0 aromatic heterocycles. The molecule has 4 aliphatic heterocycles. The molecule has 2 aliphatic carbocycles. The first-order valence-electron chi connectivity index (χ1n) is 19.0. The fourth-order valence-electron chi connectivity index (χ4n) is 7.83. The number of nitrogens with zero attached hydrogens (tertiary/aromatic N) is 4. The van der Waals surface area contributed by atoms with E-state index in [9.17, 15) is 36.0 Å². The van der Waals surface area contributed by atoms with Gasteiger partial charge in [-0.2, -0.15) is 0 Å². The molecule has 19 heteroatoms. The lowest BCUT2D eigenvalue weighted by molar-refractivity contribution is -0.141. The summed E-state index contributed by atoms with van der Waals surface area (Å²) in [6.07, 6.45) is 10.8. The van der Waals surface area contributed by atoms with Gasteiger partial charge >= 0.3 is 0 Å². The lowest BCUT2D eigenvalue weighted by Gasteiger charge is -2.23. The van der Waals surface area contributed by atoms with Crippen LogP contribution in [0.1, 0.15) is 56.2 Å². The summed E-state index contributed by atoms with van der Waals surface area (Å²) in [5, 5.41) is 6.18. The van der Waals surface area contributed by atoms with Crippen LogP contribution in [0.2, 0.25) is 0 Å². The molecule has 3 N–H and O–H groups in total. The van der Waals surface area contributed by atoms with Gasteiger partial charge in [0, 0.05) is 67.6 Å². The Morgan fingerprint density at radius 3 is 1.81 bits per heavy atom. The summed E-state index contributed by atoms with van der Waals surface area (Å²) in [6.45, 7) is 3.93. The third-order valence-electron chi connectivity index (χ3n) is 11.2. The number of imide groups is 2. The molecule has 4 heterocycles. The number of ether oxygens (including phenoxy) is 1. The van der Waals surface area contributed by atoms with E-state index < -0.39 is 37.5 Å². The van der Waals surface area contributed by atoms with Gasteiger partial charge in [-0.1, -0.05) is 38.2 Å². The second-order valence-electron chi connectivity index (χ2n) is 15.4. The number of fused-ring (bicyclic) bond motifs is 2. The van der Waals surface area contributed by atoms with Crippen LogP contribution in [0.3, 0.4) is 0 Å². The molecule has 8 rings (SSSR count). The molecular weight excluding hydrogens is 806 g/mol. The average Bonchev–Trinajstić information content (AvgIpc) is 4.05. The minimum atomic E-state index is -3.80. The molecule has 2 unspecified atom stereocenters. The number of halogens is 1. The van der Waals surface area contributed by atoms with Gasteiger partial charge in [0.25, 0.3) is 10.0 Å². The highest BCUT2D eigenvalue weighted by atomic mass is 32.2. The highest BCUT2D eigenvalue weighted by molar-refractivity contribution is 7.96. The number of rotatable bonds is 11. The molecule has 0 bridgehead atoms. The molecule has 0 radical (unpaired) electrons.